The highest BCUT2D eigenvalue weighted by atomic mass is 127. The summed E-state index contributed by atoms with van der Waals surface area (Å²) in [6.45, 7) is 8.69. The lowest BCUT2D eigenvalue weighted by atomic mass is 10.1. The van der Waals surface area contributed by atoms with Gasteiger partial charge in [-0.1, -0.05) is 0 Å². The molecule has 0 aliphatic carbocycles. The molecule has 1 aromatic rings. The summed E-state index contributed by atoms with van der Waals surface area (Å²) < 4.78 is 45.0. The summed E-state index contributed by atoms with van der Waals surface area (Å²) in [6.07, 6.45) is -0.579. The van der Waals surface area contributed by atoms with Gasteiger partial charge in [0.2, 0.25) is 5.91 Å². The van der Waals surface area contributed by atoms with E-state index < -0.39 is 46.3 Å². The molecule has 0 unspecified atom stereocenters. The number of hydrogen-bond acceptors (Lipinski definition) is 4. The van der Waals surface area contributed by atoms with Gasteiger partial charge in [-0.15, -0.1) is 24.0 Å². The molecule has 0 saturated heterocycles. The number of alkyl carbamates (subject to hydrolysis) is 1. The number of aliphatic imine (C=N–C) groups is 1. The Morgan fingerprint density at radius 2 is 1.65 bits per heavy atom. The van der Waals surface area contributed by atoms with Crippen LogP contribution in [-0.4, -0.2) is 49.2 Å². The lowest BCUT2D eigenvalue weighted by Gasteiger charge is -2.29. The quantitative estimate of drug-likeness (QED) is 0.186. The molecule has 31 heavy (non-hydrogen) atoms. The van der Waals surface area contributed by atoms with Crippen LogP contribution in [0.4, 0.5) is 23.7 Å². The van der Waals surface area contributed by atoms with Crippen molar-refractivity contribution in [3.8, 4) is 0 Å². The van der Waals surface area contributed by atoms with E-state index >= 15 is 0 Å². The van der Waals surface area contributed by atoms with E-state index in [9.17, 15) is 22.8 Å². The predicted octanol–water partition coefficient (Wildman–Crippen LogP) is 3.13. The van der Waals surface area contributed by atoms with Crippen LogP contribution in [0.5, 0.6) is 0 Å². The lowest BCUT2D eigenvalue weighted by Crippen LogP contribution is -2.54. The summed E-state index contributed by atoms with van der Waals surface area (Å²) in [7, 11) is 1.47. The zero-order valence-electron chi connectivity index (χ0n) is 18.3. The highest BCUT2D eigenvalue weighted by molar-refractivity contribution is 14.0. The van der Waals surface area contributed by atoms with Crippen LogP contribution in [-0.2, 0) is 9.53 Å². The van der Waals surface area contributed by atoms with E-state index in [1.165, 1.54) is 7.05 Å². The van der Waals surface area contributed by atoms with Gasteiger partial charge in [-0.2, -0.15) is 0 Å². The van der Waals surface area contributed by atoms with E-state index in [0.717, 1.165) is 6.07 Å². The number of nitrogens with one attached hydrogen (secondary N) is 4. The minimum absolute atomic E-state index is 0. The van der Waals surface area contributed by atoms with Gasteiger partial charge in [-0.3, -0.25) is 9.79 Å². The number of benzene rings is 1. The van der Waals surface area contributed by atoms with Crippen LogP contribution >= 0.6 is 24.0 Å². The maximum atomic E-state index is 13.6. The summed E-state index contributed by atoms with van der Waals surface area (Å²) in [5.41, 5.74) is -1.83. The van der Waals surface area contributed by atoms with E-state index in [1.807, 2.05) is 0 Å². The van der Waals surface area contributed by atoms with Gasteiger partial charge in [-0.05, 0) is 46.8 Å². The number of carbonyl (C=O) groups excluding carboxylic acids is 2. The molecule has 2 amide bonds. The number of rotatable bonds is 6. The van der Waals surface area contributed by atoms with Crippen molar-refractivity contribution in [3.05, 3.63) is 29.6 Å². The summed E-state index contributed by atoms with van der Waals surface area (Å²) in [5, 5.41) is 10.5. The Labute approximate surface area is 196 Å². The third kappa shape index (κ3) is 10.6. The predicted molar refractivity (Wildman–Crippen MR) is 123 cm³/mol. The van der Waals surface area contributed by atoms with E-state index in [0.29, 0.717) is 6.07 Å². The highest BCUT2D eigenvalue weighted by Gasteiger charge is 2.25. The molecule has 0 bridgehead atoms. The van der Waals surface area contributed by atoms with Crippen molar-refractivity contribution >= 4 is 47.6 Å². The molecule has 0 radical (unpaired) electrons. The topological polar surface area (TPSA) is 104 Å². The fraction of sp³-hybridized carbons (Fsp3) is 0.526. The number of anilines is 1. The number of hydrogen-bond donors (Lipinski definition) is 4. The molecular formula is C19H29F3IN5O3. The standard InChI is InChI=1S/C19H28F3N5O3.HI/c1-18(2,3)30-17(29)27-19(4,5)10-25-16(23-6)24-9-13(28)26-12-8-7-11(20)14(21)15(12)22;/h7-8H,9-10H2,1-6H3,(H,26,28)(H,27,29)(H2,23,24,25);1H. The number of amides is 2. The third-order valence-electron chi connectivity index (χ3n) is 3.49. The largest absolute Gasteiger partial charge is 0.444 e. The molecule has 0 saturated carbocycles. The average Bonchev–Trinajstić information content (AvgIpc) is 2.60. The first-order chi connectivity index (χ1) is 13.7. The minimum Gasteiger partial charge on any atom is -0.444 e. The van der Waals surface area contributed by atoms with Gasteiger partial charge in [0, 0.05) is 13.6 Å². The van der Waals surface area contributed by atoms with E-state index in [-0.39, 0.29) is 43.0 Å². The molecule has 0 atom stereocenters. The van der Waals surface area contributed by atoms with Crippen LogP contribution in [0.15, 0.2) is 17.1 Å². The van der Waals surface area contributed by atoms with Crippen LogP contribution in [0, 0.1) is 17.5 Å². The van der Waals surface area contributed by atoms with Crippen molar-refractivity contribution in [1.82, 2.24) is 16.0 Å². The van der Waals surface area contributed by atoms with Crippen LogP contribution in [0.25, 0.3) is 0 Å². The Kier molecular flexibility index (Phi) is 11.1. The number of carbonyl (C=O) groups is 2. The molecule has 0 aliphatic rings. The van der Waals surface area contributed by atoms with Crippen molar-refractivity contribution in [3.63, 3.8) is 0 Å². The molecule has 1 aromatic carbocycles. The molecular weight excluding hydrogens is 530 g/mol. The van der Waals surface area contributed by atoms with Gasteiger partial charge in [0.25, 0.3) is 0 Å². The molecule has 8 nitrogen and oxygen atoms in total. The second-order valence-corrected chi connectivity index (χ2v) is 8.06. The fourth-order valence-electron chi connectivity index (χ4n) is 2.13. The SMILES string of the molecule is CN=C(NCC(=O)Nc1ccc(F)c(F)c1F)NCC(C)(C)NC(=O)OC(C)(C)C.I. The van der Waals surface area contributed by atoms with Crippen molar-refractivity contribution in [2.75, 3.05) is 25.5 Å². The molecule has 0 aromatic heterocycles. The zero-order valence-corrected chi connectivity index (χ0v) is 20.6. The Hall–Kier alpha value is -2.25. The first-order valence-electron chi connectivity index (χ1n) is 9.13. The molecule has 0 spiro atoms. The number of guanidine groups is 1. The van der Waals surface area contributed by atoms with Gasteiger partial charge in [0.05, 0.1) is 17.8 Å². The van der Waals surface area contributed by atoms with Crippen molar-refractivity contribution < 1.29 is 27.5 Å². The van der Waals surface area contributed by atoms with Gasteiger partial charge < -0.3 is 26.0 Å². The average molecular weight is 559 g/mol. The lowest BCUT2D eigenvalue weighted by molar-refractivity contribution is -0.115. The smallest absolute Gasteiger partial charge is 0.408 e. The van der Waals surface area contributed by atoms with Crippen LogP contribution < -0.4 is 21.3 Å². The Morgan fingerprint density at radius 1 is 1.03 bits per heavy atom. The van der Waals surface area contributed by atoms with Gasteiger partial charge in [0.1, 0.15) is 5.60 Å². The van der Waals surface area contributed by atoms with Gasteiger partial charge in [0.15, 0.2) is 23.4 Å². The van der Waals surface area contributed by atoms with Gasteiger partial charge >= 0.3 is 6.09 Å². The Bertz CT molecular complexity index is 814. The zero-order chi connectivity index (χ0) is 23.1. The summed E-state index contributed by atoms with van der Waals surface area (Å²) in [4.78, 5) is 27.8. The highest BCUT2D eigenvalue weighted by Crippen LogP contribution is 2.19. The van der Waals surface area contributed by atoms with Crippen molar-refractivity contribution in [2.24, 2.45) is 4.99 Å². The molecule has 0 heterocycles. The number of halogens is 4. The monoisotopic (exact) mass is 559 g/mol. The number of ether oxygens (including phenoxy) is 1. The molecule has 4 N–H and O–H groups in total. The fourth-order valence-corrected chi connectivity index (χ4v) is 2.13. The number of nitrogens with zero attached hydrogens (tertiary/aromatic N) is 1. The Balaban J connectivity index is 0.00000900. The van der Waals surface area contributed by atoms with E-state index in [4.69, 9.17) is 4.74 Å². The molecule has 176 valence electrons. The maximum absolute atomic E-state index is 13.6. The normalized spacial score (nSPS) is 11.8. The molecule has 0 fully saturated rings. The van der Waals surface area contributed by atoms with E-state index in [1.54, 1.807) is 34.6 Å². The summed E-state index contributed by atoms with van der Waals surface area (Å²) >= 11 is 0. The first-order valence-corrected chi connectivity index (χ1v) is 9.13. The van der Waals surface area contributed by atoms with Crippen LogP contribution in [0.2, 0.25) is 0 Å². The molecule has 1 rings (SSSR count). The third-order valence-corrected chi connectivity index (χ3v) is 3.49. The van der Waals surface area contributed by atoms with Crippen molar-refractivity contribution in [1.29, 1.82) is 0 Å². The first kappa shape index (κ1) is 28.8. The van der Waals surface area contributed by atoms with Crippen molar-refractivity contribution in [2.45, 2.75) is 45.8 Å². The molecule has 0 aliphatic heterocycles. The molecule has 12 heteroatoms. The van der Waals surface area contributed by atoms with Crippen LogP contribution in [0.3, 0.4) is 0 Å². The summed E-state index contributed by atoms with van der Waals surface area (Å²) in [6, 6.07) is 1.63. The van der Waals surface area contributed by atoms with Crippen LogP contribution in [0.1, 0.15) is 34.6 Å². The van der Waals surface area contributed by atoms with Gasteiger partial charge in [-0.25, -0.2) is 18.0 Å². The second kappa shape index (κ2) is 12.0. The second-order valence-electron chi connectivity index (χ2n) is 8.06. The van der Waals surface area contributed by atoms with E-state index in [2.05, 4.69) is 26.3 Å². The summed E-state index contributed by atoms with van der Waals surface area (Å²) in [5.74, 6) is -4.97. The minimum atomic E-state index is -1.67. The maximum Gasteiger partial charge on any atom is 0.408 e. The Morgan fingerprint density at radius 3 is 2.19 bits per heavy atom.